The minimum atomic E-state index is -3.55. The molecule has 156 valence electrons. The molecule has 1 aromatic carbocycles. The van der Waals surface area contributed by atoms with Crippen molar-refractivity contribution in [2.45, 2.75) is 69.7 Å². The summed E-state index contributed by atoms with van der Waals surface area (Å²) in [5.41, 5.74) is 1.26. The number of carbonyl (C=O) groups is 1. The van der Waals surface area contributed by atoms with Gasteiger partial charge in [0, 0.05) is 24.7 Å². The molecule has 3 rings (SSSR count). The van der Waals surface area contributed by atoms with Crippen LogP contribution in [0.15, 0.2) is 23.1 Å². The van der Waals surface area contributed by atoms with E-state index in [1.807, 2.05) is 0 Å². The van der Waals surface area contributed by atoms with Gasteiger partial charge in [0.25, 0.3) is 0 Å². The number of rotatable bonds is 7. The van der Waals surface area contributed by atoms with Crippen LogP contribution in [0, 0.1) is 12.8 Å². The highest BCUT2D eigenvalue weighted by molar-refractivity contribution is 7.89. The second kappa shape index (κ2) is 9.37. The van der Waals surface area contributed by atoms with Crippen molar-refractivity contribution < 1.29 is 13.2 Å². The van der Waals surface area contributed by atoms with Crippen molar-refractivity contribution in [3.05, 3.63) is 23.8 Å². The summed E-state index contributed by atoms with van der Waals surface area (Å²) >= 11 is 0. The number of hydrogen-bond acceptors (Lipinski definition) is 4. The molecule has 0 bridgehead atoms. The van der Waals surface area contributed by atoms with Crippen molar-refractivity contribution in [2.24, 2.45) is 5.92 Å². The van der Waals surface area contributed by atoms with E-state index in [0.717, 1.165) is 32.0 Å². The molecule has 0 unspecified atom stereocenters. The van der Waals surface area contributed by atoms with Gasteiger partial charge in [-0.2, -0.15) is 0 Å². The fraction of sp³-hybridized carbons (Fsp3) is 0.667. The highest BCUT2D eigenvalue weighted by Crippen LogP contribution is 2.28. The fourth-order valence-corrected chi connectivity index (χ4v) is 5.72. The van der Waals surface area contributed by atoms with Gasteiger partial charge in [-0.25, -0.2) is 13.1 Å². The van der Waals surface area contributed by atoms with Crippen LogP contribution in [-0.4, -0.2) is 44.9 Å². The quantitative estimate of drug-likeness (QED) is 0.727. The summed E-state index contributed by atoms with van der Waals surface area (Å²) in [6.45, 7) is 6.21. The first-order chi connectivity index (χ1) is 13.4. The monoisotopic (exact) mass is 407 g/mol. The van der Waals surface area contributed by atoms with E-state index in [1.165, 1.54) is 25.7 Å². The summed E-state index contributed by atoms with van der Waals surface area (Å²) in [5.74, 6) is 0.313. The van der Waals surface area contributed by atoms with Crippen LogP contribution in [0.3, 0.4) is 0 Å². The number of sulfonamides is 1. The molecule has 0 atom stereocenters. The van der Waals surface area contributed by atoms with E-state index in [2.05, 4.69) is 14.9 Å². The highest BCUT2D eigenvalue weighted by atomic mass is 32.2. The number of benzene rings is 1. The van der Waals surface area contributed by atoms with Crippen LogP contribution in [0.1, 0.15) is 57.4 Å². The summed E-state index contributed by atoms with van der Waals surface area (Å²) in [4.78, 5) is 14.4. The minimum Gasteiger partial charge on any atom is -0.326 e. The van der Waals surface area contributed by atoms with Crippen LogP contribution in [0.25, 0.3) is 0 Å². The van der Waals surface area contributed by atoms with Crippen LogP contribution >= 0.6 is 0 Å². The van der Waals surface area contributed by atoms with Gasteiger partial charge >= 0.3 is 0 Å². The predicted octanol–water partition coefficient (Wildman–Crippen LogP) is 3.28. The van der Waals surface area contributed by atoms with E-state index >= 15 is 0 Å². The number of anilines is 1. The minimum absolute atomic E-state index is 0.0860. The van der Waals surface area contributed by atoms with Crippen LogP contribution in [0.5, 0.6) is 0 Å². The zero-order chi connectivity index (χ0) is 20.1. The molecular formula is C21H33N3O3S. The summed E-state index contributed by atoms with van der Waals surface area (Å²) in [7, 11) is -3.55. The third-order valence-electron chi connectivity index (χ3n) is 6.12. The third-order valence-corrected chi connectivity index (χ3v) is 7.71. The van der Waals surface area contributed by atoms with Gasteiger partial charge in [0.1, 0.15) is 0 Å². The molecule has 1 amide bonds. The predicted molar refractivity (Wildman–Crippen MR) is 112 cm³/mol. The molecule has 7 heteroatoms. The molecule has 0 radical (unpaired) electrons. The first kappa shape index (κ1) is 21.3. The van der Waals surface area contributed by atoms with Crippen LogP contribution in [0.2, 0.25) is 0 Å². The lowest BCUT2D eigenvalue weighted by Crippen LogP contribution is -2.42. The second-order valence-electron chi connectivity index (χ2n) is 8.15. The molecule has 2 aliphatic rings. The Morgan fingerprint density at radius 1 is 1.14 bits per heavy atom. The molecule has 1 aliphatic heterocycles. The van der Waals surface area contributed by atoms with Crippen LogP contribution in [-0.2, 0) is 14.8 Å². The number of piperidine rings is 1. The number of nitrogens with zero attached hydrogens (tertiary/aromatic N) is 1. The van der Waals surface area contributed by atoms with Gasteiger partial charge < -0.3 is 10.2 Å². The lowest BCUT2D eigenvalue weighted by molar-refractivity contribution is -0.115. The Morgan fingerprint density at radius 2 is 1.82 bits per heavy atom. The fourth-order valence-electron chi connectivity index (χ4n) is 4.37. The molecule has 2 N–H and O–H groups in total. The Kier molecular flexibility index (Phi) is 7.12. The standard InChI is InChI=1S/C21H33N3O3S/c1-3-21(25)23-18-8-9-20(16(2)14-18)28(26,27)22-15-17-10-12-24(13-11-17)19-6-4-5-7-19/h8-9,14,17,19,22H,3-7,10-13,15H2,1-2H3,(H,23,25). The van der Waals surface area contributed by atoms with Crippen LogP contribution < -0.4 is 10.0 Å². The van der Waals surface area contributed by atoms with Crippen molar-refractivity contribution in [3.63, 3.8) is 0 Å². The summed E-state index contributed by atoms with van der Waals surface area (Å²) in [6.07, 6.45) is 7.85. The van der Waals surface area contributed by atoms with E-state index in [1.54, 1.807) is 32.0 Å². The summed E-state index contributed by atoms with van der Waals surface area (Å²) < 4.78 is 28.3. The Morgan fingerprint density at radius 3 is 2.43 bits per heavy atom. The van der Waals surface area contributed by atoms with Gasteiger partial charge in [-0.3, -0.25) is 4.79 Å². The molecule has 1 heterocycles. The van der Waals surface area contributed by atoms with E-state index < -0.39 is 10.0 Å². The van der Waals surface area contributed by atoms with Crippen molar-refractivity contribution in [1.82, 2.24) is 9.62 Å². The van der Waals surface area contributed by atoms with E-state index in [-0.39, 0.29) is 10.8 Å². The number of carbonyl (C=O) groups excluding carboxylic acids is 1. The maximum Gasteiger partial charge on any atom is 0.240 e. The highest BCUT2D eigenvalue weighted by Gasteiger charge is 2.28. The molecule has 0 aromatic heterocycles. The van der Waals surface area contributed by atoms with Gasteiger partial charge in [0.05, 0.1) is 4.90 Å². The average Bonchev–Trinajstić information content (AvgIpc) is 3.21. The summed E-state index contributed by atoms with van der Waals surface area (Å²) in [6, 6.07) is 5.69. The lowest BCUT2D eigenvalue weighted by Gasteiger charge is -2.36. The molecule has 1 aromatic rings. The number of aryl methyl sites for hydroxylation is 1. The van der Waals surface area contributed by atoms with Gasteiger partial charge in [0.2, 0.25) is 15.9 Å². The Hall–Kier alpha value is -1.44. The molecule has 28 heavy (non-hydrogen) atoms. The Bertz CT molecular complexity index is 780. The molecule has 1 saturated carbocycles. The van der Waals surface area contributed by atoms with Crippen LogP contribution in [0.4, 0.5) is 5.69 Å². The van der Waals surface area contributed by atoms with E-state index in [4.69, 9.17) is 0 Å². The SMILES string of the molecule is CCC(=O)Nc1ccc(S(=O)(=O)NCC2CCN(C3CCCC3)CC2)c(C)c1. The molecule has 6 nitrogen and oxygen atoms in total. The smallest absolute Gasteiger partial charge is 0.240 e. The maximum atomic E-state index is 12.7. The van der Waals surface area contributed by atoms with Gasteiger partial charge in [0.15, 0.2) is 0 Å². The zero-order valence-electron chi connectivity index (χ0n) is 17.0. The third kappa shape index (κ3) is 5.33. The maximum absolute atomic E-state index is 12.7. The number of nitrogens with one attached hydrogen (secondary N) is 2. The number of hydrogen-bond donors (Lipinski definition) is 2. The molecular weight excluding hydrogens is 374 g/mol. The first-order valence-corrected chi connectivity index (χ1v) is 12.0. The first-order valence-electron chi connectivity index (χ1n) is 10.5. The van der Waals surface area contributed by atoms with Crippen molar-refractivity contribution in [3.8, 4) is 0 Å². The van der Waals surface area contributed by atoms with E-state index in [9.17, 15) is 13.2 Å². The Labute approximate surface area is 169 Å². The van der Waals surface area contributed by atoms with E-state index in [0.29, 0.717) is 30.1 Å². The number of amides is 1. The zero-order valence-corrected chi connectivity index (χ0v) is 17.9. The van der Waals surface area contributed by atoms with Crippen molar-refractivity contribution >= 4 is 21.6 Å². The second-order valence-corrected chi connectivity index (χ2v) is 9.89. The van der Waals surface area contributed by atoms with Crippen molar-refractivity contribution in [1.29, 1.82) is 0 Å². The topological polar surface area (TPSA) is 78.5 Å². The normalized spacial score (nSPS) is 19.8. The summed E-state index contributed by atoms with van der Waals surface area (Å²) in [5, 5.41) is 2.76. The number of likely N-dealkylation sites (tertiary alicyclic amines) is 1. The molecule has 0 spiro atoms. The largest absolute Gasteiger partial charge is 0.326 e. The molecule has 1 saturated heterocycles. The van der Waals surface area contributed by atoms with Crippen molar-refractivity contribution in [2.75, 3.05) is 25.0 Å². The molecule has 1 aliphatic carbocycles. The Balaban J connectivity index is 1.53. The van der Waals surface area contributed by atoms with Gasteiger partial charge in [-0.1, -0.05) is 19.8 Å². The van der Waals surface area contributed by atoms with Gasteiger partial charge in [-0.05, 0) is 75.4 Å². The van der Waals surface area contributed by atoms with Gasteiger partial charge in [-0.15, -0.1) is 0 Å². The lowest BCUT2D eigenvalue weighted by atomic mass is 9.96. The average molecular weight is 408 g/mol. The molecule has 2 fully saturated rings.